The number of aryl methyl sites for hydroxylation is 1. The van der Waals surface area contributed by atoms with E-state index in [1.54, 1.807) is 36.7 Å². The van der Waals surface area contributed by atoms with Gasteiger partial charge in [-0.25, -0.2) is 9.97 Å². The van der Waals surface area contributed by atoms with Gasteiger partial charge < -0.3 is 15.1 Å². The lowest BCUT2D eigenvalue weighted by Gasteiger charge is -2.16. The highest BCUT2D eigenvalue weighted by atomic mass is 16.3. The summed E-state index contributed by atoms with van der Waals surface area (Å²) in [6.45, 7) is 6.18. The topological polar surface area (TPSA) is 102 Å². The Kier molecular flexibility index (Phi) is 5.22. The van der Waals surface area contributed by atoms with E-state index in [1.807, 2.05) is 26.8 Å². The molecule has 0 radical (unpaired) electrons. The molecule has 0 saturated heterocycles. The van der Waals surface area contributed by atoms with Crippen molar-refractivity contribution < 1.29 is 9.21 Å². The second-order valence-electron chi connectivity index (χ2n) is 7.32. The van der Waals surface area contributed by atoms with Gasteiger partial charge in [-0.2, -0.15) is 0 Å². The van der Waals surface area contributed by atoms with Crippen LogP contribution in [-0.4, -0.2) is 26.3 Å². The van der Waals surface area contributed by atoms with Gasteiger partial charge in [-0.1, -0.05) is 13.0 Å². The lowest BCUT2D eigenvalue weighted by molar-refractivity contribution is 0.0948. The number of carbonyl (C=O) groups is 1. The number of nitrogens with one attached hydrogen (secondary N) is 2. The van der Waals surface area contributed by atoms with Gasteiger partial charge in [-0.3, -0.25) is 14.0 Å². The van der Waals surface area contributed by atoms with Crippen molar-refractivity contribution in [2.75, 3.05) is 5.32 Å². The van der Waals surface area contributed by atoms with E-state index in [1.165, 1.54) is 4.40 Å². The molecule has 0 spiro atoms. The molecule has 4 rings (SSSR count). The first-order chi connectivity index (χ1) is 14.5. The highest BCUT2D eigenvalue weighted by Gasteiger charge is 2.19. The third kappa shape index (κ3) is 3.76. The summed E-state index contributed by atoms with van der Waals surface area (Å²) in [4.78, 5) is 35.1. The van der Waals surface area contributed by atoms with E-state index in [0.29, 0.717) is 28.4 Å². The molecule has 1 atom stereocenters. The number of furan rings is 1. The average Bonchev–Trinajstić information content (AvgIpc) is 3.26. The van der Waals surface area contributed by atoms with Crippen molar-refractivity contribution in [3.63, 3.8) is 0 Å². The first kappa shape index (κ1) is 19.6. The molecule has 154 valence electrons. The first-order valence-corrected chi connectivity index (χ1v) is 9.87. The Labute approximate surface area is 173 Å². The molecule has 8 nitrogen and oxygen atoms in total. The maximum atomic E-state index is 13.1. The van der Waals surface area contributed by atoms with Crippen LogP contribution in [0.25, 0.3) is 16.7 Å². The van der Waals surface area contributed by atoms with Gasteiger partial charge in [0.15, 0.2) is 5.65 Å². The predicted octanol–water partition coefficient (Wildman–Crippen LogP) is 3.28. The number of pyridine rings is 2. The average molecular weight is 405 g/mol. The third-order valence-electron chi connectivity index (χ3n) is 4.99. The fourth-order valence-corrected chi connectivity index (χ4v) is 3.13. The highest BCUT2D eigenvalue weighted by molar-refractivity contribution is 6.01. The molecular weight excluding hydrogens is 382 g/mol. The molecule has 4 heterocycles. The SMILES string of the molecule is CC[C@@H](C)Nc1nc2nc3ccc(C)cn3c(=O)c2cc1C(=O)NCc1ccco1. The quantitative estimate of drug-likeness (QED) is 0.478. The van der Waals surface area contributed by atoms with E-state index in [2.05, 4.69) is 20.6 Å². The molecule has 0 aliphatic carbocycles. The van der Waals surface area contributed by atoms with Gasteiger partial charge in [-0.05, 0) is 50.1 Å². The van der Waals surface area contributed by atoms with Crippen molar-refractivity contribution in [2.24, 2.45) is 0 Å². The number of anilines is 1. The van der Waals surface area contributed by atoms with Gasteiger partial charge in [0.25, 0.3) is 11.5 Å². The number of hydrogen-bond donors (Lipinski definition) is 2. The Hall–Kier alpha value is -3.68. The Balaban J connectivity index is 1.83. The summed E-state index contributed by atoms with van der Waals surface area (Å²) in [6, 6.07) is 8.87. The van der Waals surface area contributed by atoms with Gasteiger partial charge in [-0.15, -0.1) is 0 Å². The second kappa shape index (κ2) is 7.98. The van der Waals surface area contributed by atoms with Crippen LogP contribution >= 0.6 is 0 Å². The standard InChI is InChI=1S/C22H23N5O3/c1-4-14(3)24-19-16(21(28)23-11-15-6-5-9-30-15)10-17-20(26-19)25-18-8-7-13(2)12-27(18)22(17)29/h5-10,12,14H,4,11H2,1-3H3,(H,23,28)(H,24,26)/t14-/m1/s1. The minimum Gasteiger partial charge on any atom is -0.467 e. The summed E-state index contributed by atoms with van der Waals surface area (Å²) in [5.41, 5.74) is 1.78. The number of hydrogen-bond acceptors (Lipinski definition) is 6. The predicted molar refractivity (Wildman–Crippen MR) is 115 cm³/mol. The van der Waals surface area contributed by atoms with Crippen LogP contribution in [0.2, 0.25) is 0 Å². The van der Waals surface area contributed by atoms with Crippen LogP contribution in [0.15, 0.2) is 52.0 Å². The van der Waals surface area contributed by atoms with Crippen LogP contribution in [0.4, 0.5) is 5.82 Å². The Morgan fingerprint density at radius 3 is 2.83 bits per heavy atom. The Morgan fingerprint density at radius 1 is 1.27 bits per heavy atom. The van der Waals surface area contributed by atoms with E-state index < -0.39 is 0 Å². The van der Waals surface area contributed by atoms with Gasteiger partial charge in [0, 0.05) is 12.2 Å². The van der Waals surface area contributed by atoms with E-state index >= 15 is 0 Å². The largest absolute Gasteiger partial charge is 0.467 e. The van der Waals surface area contributed by atoms with Crippen LogP contribution < -0.4 is 16.2 Å². The Bertz CT molecular complexity index is 1280. The molecule has 8 heteroatoms. The molecule has 0 aliphatic heterocycles. The number of fused-ring (bicyclic) bond motifs is 2. The molecule has 0 bridgehead atoms. The lowest BCUT2D eigenvalue weighted by atomic mass is 10.1. The van der Waals surface area contributed by atoms with Crippen molar-refractivity contribution in [3.05, 3.63) is 70.0 Å². The van der Waals surface area contributed by atoms with Gasteiger partial charge in [0.1, 0.15) is 17.2 Å². The molecule has 0 aliphatic rings. The fraction of sp³-hybridized carbons (Fsp3) is 0.273. The molecular formula is C22H23N5O3. The van der Waals surface area contributed by atoms with E-state index in [4.69, 9.17) is 4.42 Å². The Morgan fingerprint density at radius 2 is 2.10 bits per heavy atom. The molecule has 0 saturated carbocycles. The smallest absolute Gasteiger partial charge is 0.267 e. The monoisotopic (exact) mass is 405 g/mol. The van der Waals surface area contributed by atoms with Crippen LogP contribution in [0, 0.1) is 6.92 Å². The number of amides is 1. The zero-order chi connectivity index (χ0) is 21.3. The summed E-state index contributed by atoms with van der Waals surface area (Å²) in [7, 11) is 0. The lowest BCUT2D eigenvalue weighted by Crippen LogP contribution is -2.27. The summed E-state index contributed by atoms with van der Waals surface area (Å²) in [5, 5.41) is 6.37. The summed E-state index contributed by atoms with van der Waals surface area (Å²) < 4.78 is 6.75. The molecule has 0 fully saturated rings. The van der Waals surface area contributed by atoms with Gasteiger partial charge in [0.2, 0.25) is 0 Å². The molecule has 4 aromatic heterocycles. The van der Waals surface area contributed by atoms with Crippen molar-refractivity contribution in [1.82, 2.24) is 19.7 Å². The van der Waals surface area contributed by atoms with Crippen LogP contribution in [0.1, 0.15) is 41.9 Å². The van der Waals surface area contributed by atoms with Crippen molar-refractivity contribution >= 4 is 28.4 Å². The third-order valence-corrected chi connectivity index (χ3v) is 4.99. The van der Waals surface area contributed by atoms with Crippen LogP contribution in [-0.2, 0) is 6.54 Å². The van der Waals surface area contributed by atoms with Crippen molar-refractivity contribution in [1.29, 1.82) is 0 Å². The van der Waals surface area contributed by atoms with Gasteiger partial charge >= 0.3 is 0 Å². The fourth-order valence-electron chi connectivity index (χ4n) is 3.13. The molecule has 2 N–H and O–H groups in total. The molecule has 4 aromatic rings. The number of carbonyl (C=O) groups excluding carboxylic acids is 1. The number of aromatic nitrogens is 3. The van der Waals surface area contributed by atoms with E-state index in [0.717, 1.165) is 12.0 Å². The van der Waals surface area contributed by atoms with Crippen LogP contribution in [0.3, 0.4) is 0 Å². The van der Waals surface area contributed by atoms with Crippen molar-refractivity contribution in [2.45, 2.75) is 39.8 Å². The zero-order valence-electron chi connectivity index (χ0n) is 17.1. The van der Waals surface area contributed by atoms with E-state index in [9.17, 15) is 9.59 Å². The molecule has 30 heavy (non-hydrogen) atoms. The van der Waals surface area contributed by atoms with Gasteiger partial charge in [0.05, 0.1) is 23.8 Å². The maximum Gasteiger partial charge on any atom is 0.267 e. The maximum absolute atomic E-state index is 13.1. The molecule has 0 unspecified atom stereocenters. The highest BCUT2D eigenvalue weighted by Crippen LogP contribution is 2.20. The summed E-state index contributed by atoms with van der Waals surface area (Å²) >= 11 is 0. The molecule has 0 aromatic carbocycles. The number of nitrogens with zero attached hydrogens (tertiary/aromatic N) is 3. The van der Waals surface area contributed by atoms with Crippen molar-refractivity contribution in [3.8, 4) is 0 Å². The first-order valence-electron chi connectivity index (χ1n) is 9.87. The molecule has 1 amide bonds. The zero-order valence-corrected chi connectivity index (χ0v) is 17.1. The minimum atomic E-state index is -0.347. The van der Waals surface area contributed by atoms with Crippen LogP contribution in [0.5, 0.6) is 0 Å². The van der Waals surface area contributed by atoms with E-state index in [-0.39, 0.29) is 29.4 Å². The number of rotatable bonds is 6. The summed E-state index contributed by atoms with van der Waals surface area (Å²) in [6.07, 6.45) is 4.13. The normalized spacial score (nSPS) is 12.2. The minimum absolute atomic E-state index is 0.0933. The summed E-state index contributed by atoms with van der Waals surface area (Å²) in [5.74, 6) is 0.689. The second-order valence-corrected chi connectivity index (χ2v) is 7.32.